The van der Waals surface area contributed by atoms with Crippen LogP contribution in [0.15, 0.2) is 60.7 Å². The maximum Gasteiger partial charge on any atom is 0.187 e. The van der Waals surface area contributed by atoms with Gasteiger partial charge in [-0.3, -0.25) is 0 Å². The normalized spacial score (nSPS) is 42.1. The van der Waals surface area contributed by atoms with Crippen LogP contribution in [0.4, 0.5) is 0 Å². The Hall–Kier alpha value is -2.33. The average Bonchev–Trinajstić information content (AvgIpc) is 0.770. The molecule has 12 bridgehead atoms. The molecule has 22 saturated heterocycles. The maximum atomic E-state index is 11.4. The first-order chi connectivity index (χ1) is 46.4. The van der Waals surface area contributed by atoms with Crippen LogP contribution in [0.5, 0.6) is 0 Å². The zero-order valence-electron chi connectivity index (χ0n) is 57.1. The van der Waals surface area contributed by atoms with Crippen molar-refractivity contribution in [3.05, 3.63) is 60.7 Å². The summed E-state index contributed by atoms with van der Waals surface area (Å²) >= 11 is 0. The summed E-state index contributed by atoms with van der Waals surface area (Å²) in [5.74, 6) is 0. The lowest BCUT2D eigenvalue weighted by molar-refractivity contribution is -0.409. The third-order valence-corrected chi connectivity index (χ3v) is 20.4. The van der Waals surface area contributed by atoms with Gasteiger partial charge in [0.05, 0.1) is 47.8 Å². The van der Waals surface area contributed by atoms with E-state index in [9.17, 15) is 5.11 Å². The lowest BCUT2D eigenvalue weighted by atomic mass is 9.94. The minimum atomic E-state index is -1.49. The highest BCUT2D eigenvalue weighted by molar-refractivity contribution is 7.68. The smallest absolute Gasteiger partial charge is 0.187 e. The van der Waals surface area contributed by atoms with Crippen LogP contribution in [-0.2, 0) is 137 Å². The standard InChI is InChI=1S/C64H101O30P/c1-66-28-36-42-48(71-6)54(77-12)60(84-36)89-41-35(27-65)83-59(53(76-11)47(41)70-5)94-46-40(32-82-95(33-23-19-17-20-24-33)34-25-21-18-22-26-34)88-64(58(81-16)52(46)75-10)93-45-39(31-69-4)87-63(57(80-15)51(45)74-9)92-44-38(30-68-3)86-62(56(79-14)50(44)73-8)91-43-37(29-67-2)85-61(90-42)55(78-13)49(43)72-7/h17-26,35-65H,27-32H2,1-16H3/t35-,36-,37-,38-,39-,40-,41-,42-,43-,44-,45-,46-,47+,48+,49+,50+,51+,52+,53-,54-,55-,56-,57-,58-,59-,60-,61-,62-,63-,64-/m1/s1. The van der Waals surface area contributed by atoms with Crippen molar-refractivity contribution >= 4 is 18.8 Å². The minimum absolute atomic E-state index is 0.0265. The molecule has 22 fully saturated rings. The van der Waals surface area contributed by atoms with Gasteiger partial charge in [0.15, 0.2) is 37.7 Å². The van der Waals surface area contributed by atoms with Gasteiger partial charge in [-0.2, -0.15) is 0 Å². The Morgan fingerprint density at radius 2 is 0.463 bits per heavy atom. The number of hydrogen-bond acceptors (Lipinski definition) is 30. The average molecular weight is 1380 g/mol. The van der Waals surface area contributed by atoms with Crippen molar-refractivity contribution in [1.82, 2.24) is 0 Å². The lowest BCUT2D eigenvalue weighted by Crippen LogP contribution is -2.70. The van der Waals surface area contributed by atoms with Crippen molar-refractivity contribution < 1.29 is 142 Å². The summed E-state index contributed by atoms with van der Waals surface area (Å²) in [6.45, 7) is -0.852. The second-order valence-corrected chi connectivity index (χ2v) is 25.4. The summed E-state index contributed by atoms with van der Waals surface area (Å²) in [4.78, 5) is 0. The molecule has 2 aromatic carbocycles. The molecule has 0 aliphatic carbocycles. The summed E-state index contributed by atoms with van der Waals surface area (Å²) in [5, 5.41) is 13.3. The molecule has 30 nitrogen and oxygen atoms in total. The van der Waals surface area contributed by atoms with Gasteiger partial charge in [-0.15, -0.1) is 0 Å². The van der Waals surface area contributed by atoms with Crippen molar-refractivity contribution in [3.8, 4) is 0 Å². The lowest BCUT2D eigenvalue weighted by Gasteiger charge is -2.53. The van der Waals surface area contributed by atoms with E-state index in [2.05, 4.69) is 0 Å². The van der Waals surface area contributed by atoms with Gasteiger partial charge in [0.2, 0.25) is 0 Å². The Balaban J connectivity index is 1.16. The summed E-state index contributed by atoms with van der Waals surface area (Å²) in [7, 11) is 22.6. The van der Waals surface area contributed by atoms with Gasteiger partial charge in [-0.05, 0) is 0 Å². The monoisotopic (exact) mass is 1380 g/mol. The van der Waals surface area contributed by atoms with Crippen LogP contribution < -0.4 is 10.6 Å². The number of aliphatic hydroxyl groups excluding tert-OH is 1. The summed E-state index contributed by atoms with van der Waals surface area (Å²) in [6.07, 6.45) is -31.8. The van der Waals surface area contributed by atoms with E-state index in [1.165, 1.54) is 114 Å². The Bertz CT molecular complexity index is 2440. The highest BCUT2D eigenvalue weighted by atomic mass is 31.1. The van der Waals surface area contributed by atoms with Crippen molar-refractivity contribution in [2.75, 3.05) is 153 Å². The van der Waals surface area contributed by atoms with Gasteiger partial charge < -0.3 is 142 Å². The van der Waals surface area contributed by atoms with Crippen LogP contribution in [0.3, 0.4) is 0 Å². The zero-order valence-corrected chi connectivity index (χ0v) is 58.0. The van der Waals surface area contributed by atoms with E-state index in [-0.39, 0.29) is 33.0 Å². The molecule has 30 atom stereocenters. The van der Waals surface area contributed by atoms with Crippen molar-refractivity contribution in [2.45, 2.75) is 184 Å². The van der Waals surface area contributed by atoms with Gasteiger partial charge in [0.1, 0.15) is 146 Å². The molecular formula is C64H101O30P. The molecule has 0 amide bonds. The fourth-order valence-corrected chi connectivity index (χ4v) is 15.8. The summed E-state index contributed by atoms with van der Waals surface area (Å²) < 4.78 is 190. The Kier molecular flexibility index (Phi) is 30.4. The molecule has 31 heteroatoms. The quantitative estimate of drug-likeness (QED) is 0.125. The predicted molar refractivity (Wildman–Crippen MR) is 330 cm³/mol. The first-order valence-corrected chi connectivity index (χ1v) is 32.9. The second-order valence-electron chi connectivity index (χ2n) is 23.5. The fraction of sp³-hybridized carbons (Fsp3) is 0.812. The second kappa shape index (κ2) is 37.5. The van der Waals surface area contributed by atoms with Gasteiger partial charge >= 0.3 is 0 Å². The van der Waals surface area contributed by atoms with E-state index >= 15 is 0 Å². The van der Waals surface area contributed by atoms with E-state index in [0.717, 1.165) is 10.6 Å². The van der Waals surface area contributed by atoms with Crippen LogP contribution in [0.25, 0.3) is 0 Å². The van der Waals surface area contributed by atoms with Gasteiger partial charge in [0, 0.05) is 124 Å². The van der Waals surface area contributed by atoms with Crippen molar-refractivity contribution in [2.24, 2.45) is 0 Å². The molecule has 95 heavy (non-hydrogen) atoms. The van der Waals surface area contributed by atoms with Crippen molar-refractivity contribution in [1.29, 1.82) is 0 Å². The molecule has 0 aromatic heterocycles. The molecule has 22 aliphatic heterocycles. The van der Waals surface area contributed by atoms with Crippen LogP contribution in [0.1, 0.15) is 0 Å². The number of ether oxygens (including phenoxy) is 28. The molecular weight excluding hydrogens is 1280 g/mol. The SMILES string of the molecule is COC[C@H]1O[C@@H]2O[C@H]3[C@H](OC)[C@@H](OC)[C@@H](O[C@H]4[C@H](OC)[C@@H](OC)[C@@H](O[C@H]5[C@H](OC)[C@@H](OC)[C@@H](O[C@H]6[C@H](OC)[C@@H](OC)[C@@H](O[C@H]7[C@H](OC)[C@@H](OC)[C@@H](O[C@H]1[C@H](OC)[C@H]2OC)O[C@@H]7COC)O[C@@H]6COC)O[C@@H]5COC)O[C@@H]4COP(c1ccccc1)c1ccccc1)O[C@@H]3CO. The van der Waals surface area contributed by atoms with Crippen LogP contribution in [-0.4, -0.2) is 343 Å². The number of aliphatic hydroxyl groups is 1. The van der Waals surface area contributed by atoms with E-state index in [4.69, 9.17) is 137 Å². The van der Waals surface area contributed by atoms with Crippen LogP contribution in [0.2, 0.25) is 0 Å². The summed E-state index contributed by atoms with van der Waals surface area (Å²) in [6, 6.07) is 19.8. The number of rotatable bonds is 26. The van der Waals surface area contributed by atoms with E-state index < -0.39 is 199 Å². The Morgan fingerprint density at radius 3 is 0.663 bits per heavy atom. The fourth-order valence-electron chi connectivity index (χ4n) is 14.0. The Morgan fingerprint density at radius 1 is 0.263 bits per heavy atom. The molecule has 2 aromatic rings. The first-order valence-electron chi connectivity index (χ1n) is 31.7. The molecule has 22 aliphatic rings. The summed E-state index contributed by atoms with van der Waals surface area (Å²) in [5.41, 5.74) is 0. The highest BCUT2D eigenvalue weighted by Crippen LogP contribution is 2.44. The maximum absolute atomic E-state index is 11.4. The molecule has 22 heterocycles. The van der Waals surface area contributed by atoms with Crippen LogP contribution >= 0.6 is 8.15 Å². The van der Waals surface area contributed by atoms with E-state index in [0.29, 0.717) is 0 Å². The largest absolute Gasteiger partial charge is 0.394 e. The van der Waals surface area contributed by atoms with Gasteiger partial charge in [-0.25, -0.2) is 0 Å². The number of hydrogen-bond donors (Lipinski definition) is 1. The predicted octanol–water partition coefficient (Wildman–Crippen LogP) is 0.483. The number of methoxy groups -OCH3 is 16. The molecule has 24 rings (SSSR count). The zero-order chi connectivity index (χ0) is 67.9. The molecule has 1 N–H and O–H groups in total. The van der Waals surface area contributed by atoms with E-state index in [1.54, 1.807) is 0 Å². The third-order valence-electron chi connectivity index (χ3n) is 18.4. The van der Waals surface area contributed by atoms with Crippen LogP contribution in [0, 0.1) is 0 Å². The van der Waals surface area contributed by atoms with Gasteiger partial charge in [0.25, 0.3) is 0 Å². The molecule has 0 radical (unpaired) electrons. The molecule has 542 valence electrons. The third kappa shape index (κ3) is 16.9. The van der Waals surface area contributed by atoms with E-state index in [1.807, 2.05) is 60.7 Å². The van der Waals surface area contributed by atoms with Crippen molar-refractivity contribution in [3.63, 3.8) is 0 Å². The minimum Gasteiger partial charge on any atom is -0.394 e. The highest BCUT2D eigenvalue weighted by Gasteiger charge is 2.61. The molecule has 0 unspecified atom stereocenters. The first kappa shape index (κ1) is 76.8. The Labute approximate surface area is 557 Å². The van der Waals surface area contributed by atoms with Gasteiger partial charge in [-0.1, -0.05) is 60.7 Å². The molecule has 0 spiro atoms. The molecule has 0 saturated carbocycles. The number of benzene rings is 2. The topological polar surface area (TPSA) is 288 Å².